The number of fused-ring (bicyclic) bond motifs is 14. The van der Waals surface area contributed by atoms with Crippen LogP contribution in [0.5, 0.6) is 0 Å². The van der Waals surface area contributed by atoms with E-state index in [2.05, 4.69) is 219 Å². The van der Waals surface area contributed by atoms with Gasteiger partial charge in [0.05, 0.1) is 0 Å². The van der Waals surface area contributed by atoms with Crippen molar-refractivity contribution in [3.8, 4) is 22.3 Å². The van der Waals surface area contributed by atoms with Gasteiger partial charge in [-0.1, -0.05) is 171 Å². The smallest absolute Gasteiger partial charge is 0.160 e. The average Bonchev–Trinajstić information content (AvgIpc) is 3.97. The number of thiophene rings is 1. The highest BCUT2D eigenvalue weighted by Gasteiger charge is 2.29. The summed E-state index contributed by atoms with van der Waals surface area (Å²) in [6.45, 7) is 2.31. The molecule has 4 nitrogen and oxygen atoms in total. The molecule has 14 rings (SSSR count). The molecule has 68 heavy (non-hydrogen) atoms. The van der Waals surface area contributed by atoms with E-state index < -0.39 is 0 Å². The van der Waals surface area contributed by atoms with Crippen LogP contribution < -0.4 is 0 Å². The molecule has 0 amide bonds. The normalized spacial score (nSPS) is 16.1. The molecule has 0 radical (unpaired) electrons. The summed E-state index contributed by atoms with van der Waals surface area (Å²) in [7, 11) is 2.13. The molecular formula is C63H43N3OS. The first-order valence-electron chi connectivity index (χ1n) is 23.5. The van der Waals surface area contributed by atoms with Crippen LogP contribution in [0.25, 0.3) is 103 Å². The second-order valence-corrected chi connectivity index (χ2v) is 19.6. The van der Waals surface area contributed by atoms with Crippen molar-refractivity contribution in [2.75, 3.05) is 7.05 Å². The molecule has 1 aliphatic carbocycles. The van der Waals surface area contributed by atoms with Gasteiger partial charge < -0.3 is 9.32 Å². The molecule has 2 unspecified atom stereocenters. The van der Waals surface area contributed by atoms with Crippen LogP contribution in [0.15, 0.2) is 209 Å². The average molecular weight is 890 g/mol. The quantitative estimate of drug-likeness (QED) is 0.162. The topological polar surface area (TPSA) is 41.1 Å². The number of rotatable bonds is 5. The van der Waals surface area contributed by atoms with Gasteiger partial charge in [0.1, 0.15) is 17.0 Å². The Bertz CT molecular complexity index is 4170. The predicted molar refractivity (Wildman–Crippen MR) is 288 cm³/mol. The summed E-state index contributed by atoms with van der Waals surface area (Å²) in [6, 6.07) is 68.1. The Kier molecular flexibility index (Phi) is 8.74. The SMILES string of the molecule is CC1C=Cc2c(c3ccccc3c3ccc4c(oc5cc6ccccc6c(-c6cccc(C7=NC(c8cccc9c8sc8ccccc89)=NC(c8cccc(-c9ccccc9)c8)N7C)c6)c54)c23)C1. The van der Waals surface area contributed by atoms with Gasteiger partial charge in [-0.25, -0.2) is 9.98 Å². The van der Waals surface area contributed by atoms with Gasteiger partial charge in [0.25, 0.3) is 0 Å². The molecule has 5 heteroatoms. The molecule has 3 heterocycles. The predicted octanol–water partition coefficient (Wildman–Crippen LogP) is 16.8. The van der Waals surface area contributed by atoms with E-state index >= 15 is 0 Å². The fraction of sp³-hybridized carbons (Fsp3) is 0.0794. The van der Waals surface area contributed by atoms with Crippen LogP contribution in [0.4, 0.5) is 0 Å². The summed E-state index contributed by atoms with van der Waals surface area (Å²) in [4.78, 5) is 13.4. The molecule has 322 valence electrons. The highest BCUT2D eigenvalue weighted by molar-refractivity contribution is 7.26. The fourth-order valence-corrected chi connectivity index (χ4v) is 12.5. The highest BCUT2D eigenvalue weighted by atomic mass is 32.1. The van der Waals surface area contributed by atoms with E-state index in [1.54, 1.807) is 0 Å². The zero-order valence-electron chi connectivity index (χ0n) is 37.6. The molecule has 0 fully saturated rings. The first kappa shape index (κ1) is 39.1. The molecule has 2 aliphatic rings. The van der Waals surface area contributed by atoms with Gasteiger partial charge in [0, 0.05) is 60.1 Å². The molecule has 0 bridgehead atoms. The minimum Gasteiger partial charge on any atom is -0.455 e. The van der Waals surface area contributed by atoms with Crippen LogP contribution >= 0.6 is 11.3 Å². The van der Waals surface area contributed by atoms with Crippen LogP contribution in [-0.2, 0) is 6.42 Å². The lowest BCUT2D eigenvalue weighted by atomic mass is 9.83. The lowest BCUT2D eigenvalue weighted by Gasteiger charge is -2.33. The number of aliphatic imine (C=N–C) groups is 2. The molecule has 0 saturated carbocycles. The first-order valence-corrected chi connectivity index (χ1v) is 24.3. The Morgan fingerprint density at radius 1 is 0.574 bits per heavy atom. The van der Waals surface area contributed by atoms with Crippen molar-refractivity contribution in [3.63, 3.8) is 0 Å². The number of allylic oxidation sites excluding steroid dienone is 1. The van der Waals surface area contributed by atoms with Crippen LogP contribution in [-0.4, -0.2) is 23.6 Å². The van der Waals surface area contributed by atoms with Crippen LogP contribution in [0.1, 0.15) is 40.9 Å². The first-order chi connectivity index (χ1) is 33.5. The van der Waals surface area contributed by atoms with E-state index in [4.69, 9.17) is 14.4 Å². The third-order valence-corrected chi connectivity index (χ3v) is 15.6. The Morgan fingerprint density at radius 2 is 1.28 bits per heavy atom. The summed E-state index contributed by atoms with van der Waals surface area (Å²) in [6.07, 6.45) is 5.38. The number of amidine groups is 2. The van der Waals surface area contributed by atoms with Gasteiger partial charge in [-0.05, 0) is 109 Å². The van der Waals surface area contributed by atoms with Gasteiger partial charge in [-0.3, -0.25) is 0 Å². The lowest BCUT2D eigenvalue weighted by Crippen LogP contribution is -2.35. The van der Waals surface area contributed by atoms with Gasteiger partial charge in [0.2, 0.25) is 0 Å². The number of hydrogen-bond donors (Lipinski definition) is 0. The van der Waals surface area contributed by atoms with Crippen molar-refractivity contribution in [2.24, 2.45) is 15.9 Å². The zero-order valence-corrected chi connectivity index (χ0v) is 38.4. The van der Waals surface area contributed by atoms with Gasteiger partial charge in [-0.2, -0.15) is 0 Å². The summed E-state index contributed by atoms with van der Waals surface area (Å²) < 4.78 is 9.64. The maximum atomic E-state index is 7.19. The molecule has 0 saturated heterocycles. The zero-order chi connectivity index (χ0) is 45.0. The van der Waals surface area contributed by atoms with E-state index in [0.717, 1.165) is 78.8 Å². The van der Waals surface area contributed by atoms with E-state index in [0.29, 0.717) is 5.92 Å². The third kappa shape index (κ3) is 5.99. The second-order valence-electron chi connectivity index (χ2n) is 18.5. The van der Waals surface area contributed by atoms with Crippen molar-refractivity contribution in [2.45, 2.75) is 19.5 Å². The van der Waals surface area contributed by atoms with Crippen LogP contribution in [0.3, 0.4) is 0 Å². The van der Waals surface area contributed by atoms with Crippen molar-refractivity contribution < 1.29 is 4.42 Å². The second kappa shape index (κ2) is 15.2. The van der Waals surface area contributed by atoms with E-state index in [1.807, 2.05) is 11.3 Å². The van der Waals surface area contributed by atoms with Crippen molar-refractivity contribution >= 4 is 104 Å². The molecule has 1 aliphatic heterocycles. The molecule has 0 N–H and O–H groups in total. The highest BCUT2D eigenvalue weighted by Crippen LogP contribution is 2.48. The fourth-order valence-electron chi connectivity index (χ4n) is 11.3. The van der Waals surface area contributed by atoms with E-state index in [1.165, 1.54) is 63.8 Å². The van der Waals surface area contributed by atoms with Crippen LogP contribution in [0, 0.1) is 5.92 Å². The summed E-state index contributed by atoms with van der Waals surface area (Å²) in [5.41, 5.74) is 12.3. The number of hydrogen-bond acceptors (Lipinski definition) is 5. The maximum absolute atomic E-state index is 7.19. The Labute approximate surface area is 397 Å². The Morgan fingerprint density at radius 3 is 2.18 bits per heavy atom. The van der Waals surface area contributed by atoms with E-state index in [-0.39, 0.29) is 6.17 Å². The molecule has 12 aromatic rings. The standard InChI is InChI=1S/C63H43N3OS/c1-37-29-30-49-53(33-37)46-24-9-8-23-45(46)48-31-32-51-58-54(67-59(51)57(48)49)36-40-17-6-7-22-44(40)56(58)41-19-13-21-43(35-41)63-65-61(52-27-14-26-50-47-25-10-11-28-55(47)68-60(50)52)64-62(66(63)2)42-20-12-18-39(34-42)38-15-4-3-5-16-38/h3-32,34-37,62H,33H2,1-2H3. The molecule has 2 aromatic heterocycles. The van der Waals surface area contributed by atoms with Crippen molar-refractivity contribution in [3.05, 3.63) is 222 Å². The molecule has 0 spiro atoms. The largest absolute Gasteiger partial charge is 0.455 e. The number of benzene rings is 10. The summed E-state index contributed by atoms with van der Waals surface area (Å²) in [5.74, 6) is 2.07. The van der Waals surface area contributed by atoms with Crippen molar-refractivity contribution in [1.29, 1.82) is 0 Å². The third-order valence-electron chi connectivity index (χ3n) is 14.4. The molecule has 10 aromatic carbocycles. The van der Waals surface area contributed by atoms with Crippen molar-refractivity contribution in [1.82, 2.24) is 4.90 Å². The number of furan rings is 1. The van der Waals surface area contributed by atoms with Gasteiger partial charge in [0.15, 0.2) is 12.0 Å². The minimum absolute atomic E-state index is 0.330. The van der Waals surface area contributed by atoms with Gasteiger partial charge >= 0.3 is 0 Å². The molecular weight excluding hydrogens is 847 g/mol. The maximum Gasteiger partial charge on any atom is 0.160 e. The Hall–Kier alpha value is -8.12. The number of nitrogens with zero attached hydrogens (tertiary/aromatic N) is 3. The lowest BCUT2D eigenvalue weighted by molar-refractivity contribution is 0.383. The monoisotopic (exact) mass is 889 g/mol. The van der Waals surface area contributed by atoms with Crippen LogP contribution in [0.2, 0.25) is 0 Å². The Balaban J connectivity index is 0.986. The minimum atomic E-state index is -0.330. The van der Waals surface area contributed by atoms with E-state index in [9.17, 15) is 0 Å². The van der Waals surface area contributed by atoms with Gasteiger partial charge in [-0.15, -0.1) is 11.3 Å². The summed E-state index contributed by atoms with van der Waals surface area (Å²) >= 11 is 1.81. The summed E-state index contributed by atoms with van der Waals surface area (Å²) in [5, 5.41) is 12.1. The molecule has 2 atom stereocenters.